The van der Waals surface area contributed by atoms with Gasteiger partial charge in [0.05, 0.1) is 18.8 Å². The van der Waals surface area contributed by atoms with Crippen LogP contribution in [-0.4, -0.2) is 30.4 Å². The molecule has 1 aliphatic rings. The molecule has 5 nitrogen and oxygen atoms in total. The van der Waals surface area contributed by atoms with E-state index in [-0.39, 0.29) is 0 Å². The Morgan fingerprint density at radius 2 is 2.26 bits per heavy atom. The molecule has 0 atom stereocenters. The van der Waals surface area contributed by atoms with Gasteiger partial charge in [-0.3, -0.25) is 0 Å². The zero-order chi connectivity index (χ0) is 13.1. The monoisotopic (exact) mass is 276 g/mol. The minimum atomic E-state index is 0.769. The van der Waals surface area contributed by atoms with E-state index in [1.54, 1.807) is 11.3 Å². The van der Waals surface area contributed by atoms with Crippen molar-refractivity contribution < 1.29 is 4.74 Å². The highest BCUT2D eigenvalue weighted by molar-refractivity contribution is 7.15. The lowest BCUT2D eigenvalue weighted by Crippen LogP contribution is -2.23. The maximum atomic E-state index is 5.76. The Balaban J connectivity index is 1.83. The van der Waals surface area contributed by atoms with Gasteiger partial charge in [-0.05, 0) is 18.6 Å². The van der Waals surface area contributed by atoms with Crippen molar-refractivity contribution >= 4 is 22.2 Å². The number of ether oxygens (including phenoxy) is 1. The topological polar surface area (TPSA) is 50.3 Å². The van der Waals surface area contributed by atoms with Crippen LogP contribution in [0.15, 0.2) is 24.3 Å². The molecule has 6 heteroatoms. The first-order chi connectivity index (χ1) is 9.36. The molecule has 2 heterocycles. The fraction of sp³-hybridized carbons (Fsp3) is 0.385. The average Bonchev–Trinajstić information content (AvgIpc) is 2.80. The molecule has 0 aliphatic carbocycles. The third kappa shape index (κ3) is 2.63. The molecule has 2 aromatic rings. The van der Waals surface area contributed by atoms with Gasteiger partial charge in [-0.25, -0.2) is 0 Å². The van der Waals surface area contributed by atoms with Crippen LogP contribution in [0.5, 0.6) is 5.75 Å². The first kappa shape index (κ1) is 12.2. The Labute approximate surface area is 116 Å². The van der Waals surface area contributed by atoms with Gasteiger partial charge in [-0.15, -0.1) is 10.2 Å². The fourth-order valence-electron chi connectivity index (χ4n) is 2.14. The lowest BCUT2D eigenvalue weighted by atomic mass is 10.2. The van der Waals surface area contributed by atoms with Crippen LogP contribution in [0.4, 0.5) is 10.8 Å². The van der Waals surface area contributed by atoms with Crippen LogP contribution in [0.2, 0.25) is 0 Å². The molecule has 1 N–H and O–H groups in total. The van der Waals surface area contributed by atoms with Crippen LogP contribution in [-0.2, 0) is 6.54 Å². The van der Waals surface area contributed by atoms with Crippen LogP contribution in [0.3, 0.4) is 0 Å². The largest absolute Gasteiger partial charge is 0.491 e. The first-order valence-corrected chi connectivity index (χ1v) is 7.15. The summed E-state index contributed by atoms with van der Waals surface area (Å²) in [6, 6.07) is 8.17. The van der Waals surface area contributed by atoms with Crippen LogP contribution in [0, 0.1) is 0 Å². The van der Waals surface area contributed by atoms with Crippen molar-refractivity contribution in [2.24, 2.45) is 0 Å². The summed E-state index contributed by atoms with van der Waals surface area (Å²) in [7, 11) is 1.86. The molecule has 1 aromatic carbocycles. The quantitative estimate of drug-likeness (QED) is 0.932. The smallest absolute Gasteiger partial charge is 0.205 e. The number of anilines is 2. The normalized spacial score (nSPS) is 14.5. The number of hydrogen-bond donors (Lipinski definition) is 1. The standard InChI is InChI=1S/C13H16N4OS/c1-14-13-16-15-12(19-13)9-17-7-4-8-18-11-6-3-2-5-10(11)17/h2-3,5-6H,4,7-9H2,1H3,(H,14,16). The van der Waals surface area contributed by atoms with Crippen molar-refractivity contribution in [1.29, 1.82) is 0 Å². The van der Waals surface area contributed by atoms with Gasteiger partial charge in [0.15, 0.2) is 0 Å². The van der Waals surface area contributed by atoms with Crippen molar-refractivity contribution in [3.8, 4) is 5.75 Å². The first-order valence-electron chi connectivity index (χ1n) is 6.34. The van der Waals surface area contributed by atoms with E-state index in [1.807, 2.05) is 25.2 Å². The van der Waals surface area contributed by atoms with Crippen LogP contribution in [0.1, 0.15) is 11.4 Å². The highest BCUT2D eigenvalue weighted by Crippen LogP contribution is 2.32. The molecule has 1 aliphatic heterocycles. The van der Waals surface area contributed by atoms with E-state index >= 15 is 0 Å². The second-order valence-corrected chi connectivity index (χ2v) is 5.40. The third-order valence-corrected chi connectivity index (χ3v) is 3.97. The Hall–Kier alpha value is -1.82. The number of nitrogens with zero attached hydrogens (tertiary/aromatic N) is 3. The average molecular weight is 276 g/mol. The van der Waals surface area contributed by atoms with E-state index in [4.69, 9.17) is 4.74 Å². The van der Waals surface area contributed by atoms with E-state index in [1.165, 1.54) is 0 Å². The maximum Gasteiger partial charge on any atom is 0.205 e. The molecule has 0 unspecified atom stereocenters. The zero-order valence-electron chi connectivity index (χ0n) is 10.8. The highest BCUT2D eigenvalue weighted by atomic mass is 32.1. The predicted octanol–water partition coefficient (Wildman–Crippen LogP) is 2.37. The second kappa shape index (κ2) is 5.44. The number of benzene rings is 1. The van der Waals surface area contributed by atoms with E-state index in [0.29, 0.717) is 0 Å². The summed E-state index contributed by atoms with van der Waals surface area (Å²) in [5.74, 6) is 0.957. The van der Waals surface area contributed by atoms with Gasteiger partial charge in [-0.1, -0.05) is 23.5 Å². The number of fused-ring (bicyclic) bond motifs is 1. The molecule has 19 heavy (non-hydrogen) atoms. The number of para-hydroxylation sites is 2. The molecule has 0 fully saturated rings. The molecule has 0 radical (unpaired) electrons. The predicted molar refractivity (Wildman–Crippen MR) is 77.1 cm³/mol. The molecular formula is C13H16N4OS. The van der Waals surface area contributed by atoms with Gasteiger partial charge in [0, 0.05) is 13.6 Å². The lowest BCUT2D eigenvalue weighted by Gasteiger charge is -2.22. The summed E-state index contributed by atoms with van der Waals surface area (Å²) >= 11 is 1.59. The minimum Gasteiger partial charge on any atom is -0.491 e. The van der Waals surface area contributed by atoms with Crippen LogP contribution in [0.25, 0.3) is 0 Å². The summed E-state index contributed by atoms with van der Waals surface area (Å²) in [6.07, 6.45) is 1.02. The Bertz CT molecular complexity index is 557. The van der Waals surface area contributed by atoms with Gasteiger partial charge < -0.3 is 15.0 Å². The van der Waals surface area contributed by atoms with E-state index in [9.17, 15) is 0 Å². The van der Waals surface area contributed by atoms with Gasteiger partial charge in [0.2, 0.25) is 5.13 Å². The highest BCUT2D eigenvalue weighted by Gasteiger charge is 2.17. The molecule has 0 bridgehead atoms. The summed E-state index contributed by atoms with van der Waals surface area (Å²) < 4.78 is 5.76. The number of hydrogen-bond acceptors (Lipinski definition) is 6. The van der Waals surface area contributed by atoms with Gasteiger partial charge in [0.25, 0.3) is 0 Å². The Morgan fingerprint density at radius 1 is 1.37 bits per heavy atom. The van der Waals surface area contributed by atoms with Crippen molar-refractivity contribution in [3.05, 3.63) is 29.3 Å². The van der Waals surface area contributed by atoms with E-state index in [0.717, 1.165) is 47.7 Å². The van der Waals surface area contributed by atoms with Gasteiger partial charge >= 0.3 is 0 Å². The molecule has 0 spiro atoms. The van der Waals surface area contributed by atoms with Crippen molar-refractivity contribution in [2.45, 2.75) is 13.0 Å². The molecule has 0 saturated carbocycles. The van der Waals surface area contributed by atoms with E-state index < -0.39 is 0 Å². The fourth-order valence-corrected chi connectivity index (χ4v) is 2.85. The summed E-state index contributed by atoms with van der Waals surface area (Å²) in [6.45, 7) is 2.52. The van der Waals surface area contributed by atoms with Gasteiger partial charge in [-0.2, -0.15) is 0 Å². The third-order valence-electron chi connectivity index (χ3n) is 3.04. The number of rotatable bonds is 3. The summed E-state index contributed by atoms with van der Waals surface area (Å²) in [4.78, 5) is 2.31. The number of aromatic nitrogens is 2. The SMILES string of the molecule is CNc1nnc(CN2CCCOc3ccccc32)s1. The molecule has 1 aromatic heterocycles. The zero-order valence-corrected chi connectivity index (χ0v) is 11.6. The Kier molecular flexibility index (Phi) is 3.50. The van der Waals surface area contributed by atoms with Gasteiger partial charge in [0.1, 0.15) is 10.8 Å². The molecule has 100 valence electrons. The molecule has 0 amide bonds. The Morgan fingerprint density at radius 3 is 3.11 bits per heavy atom. The summed E-state index contributed by atoms with van der Waals surface area (Å²) in [5.41, 5.74) is 1.14. The number of nitrogens with one attached hydrogen (secondary N) is 1. The molecule has 3 rings (SSSR count). The molecule has 0 saturated heterocycles. The molecular weight excluding hydrogens is 260 g/mol. The minimum absolute atomic E-state index is 0.769. The van der Waals surface area contributed by atoms with Crippen molar-refractivity contribution in [1.82, 2.24) is 10.2 Å². The second-order valence-electron chi connectivity index (χ2n) is 4.34. The van der Waals surface area contributed by atoms with Crippen molar-refractivity contribution in [3.63, 3.8) is 0 Å². The van der Waals surface area contributed by atoms with E-state index in [2.05, 4.69) is 26.5 Å². The summed E-state index contributed by atoms with van der Waals surface area (Å²) in [5, 5.41) is 13.2. The van der Waals surface area contributed by atoms with Crippen molar-refractivity contribution in [2.75, 3.05) is 30.4 Å². The maximum absolute atomic E-state index is 5.76. The van der Waals surface area contributed by atoms with Crippen LogP contribution < -0.4 is 15.0 Å². The lowest BCUT2D eigenvalue weighted by molar-refractivity contribution is 0.322. The van der Waals surface area contributed by atoms with Crippen LogP contribution >= 0.6 is 11.3 Å².